The van der Waals surface area contributed by atoms with Gasteiger partial charge in [0.05, 0.1) is 13.7 Å². The first-order valence-corrected chi connectivity index (χ1v) is 24.5. The molecule has 1 radical (unpaired) electrons. The summed E-state index contributed by atoms with van der Waals surface area (Å²) in [5.41, 5.74) is 16.2. The van der Waals surface area contributed by atoms with Crippen molar-refractivity contribution in [2.24, 2.45) is 5.92 Å². The molecule has 0 spiro atoms. The maximum atomic E-state index is 6.21. The minimum atomic E-state index is -1.47. The molecule has 0 aliphatic heterocycles. The number of hydrogen-bond acceptors (Lipinski definition) is 3. The number of aryl methyl sites for hydroxylation is 2. The predicted octanol–water partition coefficient (Wildman–Crippen LogP) is 14.5. The molecule has 60 heavy (non-hydrogen) atoms. The van der Waals surface area contributed by atoms with Crippen LogP contribution in [0.15, 0.2) is 132 Å². The number of fused-ring (bicyclic) bond motifs is 3. The van der Waals surface area contributed by atoms with Crippen molar-refractivity contribution < 1.29 is 24.5 Å². The van der Waals surface area contributed by atoms with Gasteiger partial charge in [0.25, 0.3) is 0 Å². The summed E-state index contributed by atoms with van der Waals surface area (Å²) >= 11 is 0. The maximum absolute atomic E-state index is 6.21. The topological polar surface area (TPSA) is 38.9 Å². The van der Waals surface area contributed by atoms with E-state index in [2.05, 4.69) is 201 Å². The Balaban J connectivity index is 0.000000201. The molecule has 1 unspecified atom stereocenters. The molecule has 0 bridgehead atoms. The Labute approximate surface area is 373 Å². The van der Waals surface area contributed by atoms with Crippen LogP contribution in [0.5, 0.6) is 0 Å². The quantitative estimate of drug-likeness (QED) is 0.112. The molecule has 8 rings (SSSR count). The number of rotatable bonds is 8. The third-order valence-corrected chi connectivity index (χ3v) is 13.6. The zero-order valence-corrected chi connectivity index (χ0v) is 40.5. The molecule has 3 aromatic heterocycles. The monoisotopic (exact) mass is 983 g/mol. The SMILES string of the molecule is CC(C)(C)c1cc[c-]c(-c2cc(Cc3ccccc3)c([Si](C)(C)C)cn2)c1.Cc1cc(C)cc(-c2ccc3c(c2)oc2c[c-]c(-c4cc(C(C)C(C)C)ccn4)cc23)c1.[Ir]. The zero-order chi connectivity index (χ0) is 42.1. The zero-order valence-electron chi connectivity index (χ0n) is 37.1. The van der Waals surface area contributed by atoms with Crippen LogP contribution in [0.25, 0.3) is 55.6 Å². The smallest absolute Gasteiger partial charge is 0.121 e. The molecule has 8 aromatic rings. The Morgan fingerprint density at radius 2 is 1.38 bits per heavy atom. The Kier molecular flexibility index (Phi) is 13.7. The Bertz CT molecular complexity index is 2720. The largest absolute Gasteiger partial charge is 0.500 e. The molecular weight excluding hydrogens is 925 g/mol. The molecule has 3 nitrogen and oxygen atoms in total. The van der Waals surface area contributed by atoms with Gasteiger partial charge in [-0.05, 0) is 82.9 Å². The summed E-state index contributed by atoms with van der Waals surface area (Å²) in [6.45, 7) is 25.0. The van der Waals surface area contributed by atoms with E-state index < -0.39 is 8.07 Å². The van der Waals surface area contributed by atoms with Crippen molar-refractivity contribution in [3.63, 3.8) is 0 Å². The molecule has 3 heterocycles. The van der Waals surface area contributed by atoms with Crippen LogP contribution in [0.2, 0.25) is 19.6 Å². The summed E-state index contributed by atoms with van der Waals surface area (Å²) in [7, 11) is -1.47. The van der Waals surface area contributed by atoms with E-state index in [-0.39, 0.29) is 25.5 Å². The van der Waals surface area contributed by atoms with Gasteiger partial charge in [0.1, 0.15) is 5.58 Å². The van der Waals surface area contributed by atoms with Crippen LogP contribution in [0.3, 0.4) is 0 Å². The molecule has 309 valence electrons. The van der Waals surface area contributed by atoms with Crippen LogP contribution in [0, 0.1) is 31.9 Å². The third-order valence-electron chi connectivity index (χ3n) is 11.5. The Morgan fingerprint density at radius 1 is 0.683 bits per heavy atom. The number of hydrogen-bond donors (Lipinski definition) is 0. The van der Waals surface area contributed by atoms with Crippen LogP contribution in [0.4, 0.5) is 0 Å². The normalized spacial score (nSPS) is 12.3. The van der Waals surface area contributed by atoms with Gasteiger partial charge in [0, 0.05) is 37.9 Å². The van der Waals surface area contributed by atoms with Gasteiger partial charge in [-0.25, -0.2) is 0 Å². The van der Waals surface area contributed by atoms with Crippen molar-refractivity contribution in [2.75, 3.05) is 0 Å². The van der Waals surface area contributed by atoms with Gasteiger partial charge in [-0.15, -0.1) is 59.2 Å². The van der Waals surface area contributed by atoms with E-state index in [1.165, 1.54) is 49.7 Å². The molecule has 0 aliphatic rings. The molecule has 5 aromatic carbocycles. The van der Waals surface area contributed by atoms with Crippen molar-refractivity contribution in [3.05, 3.63) is 173 Å². The second kappa shape index (κ2) is 18.4. The fraction of sp³-hybridized carbons (Fsp3) is 0.273. The third kappa shape index (κ3) is 10.3. The van der Waals surface area contributed by atoms with E-state index >= 15 is 0 Å². The maximum Gasteiger partial charge on any atom is 0.121 e. The molecule has 0 saturated heterocycles. The van der Waals surface area contributed by atoms with Gasteiger partial charge in [-0.1, -0.05) is 162 Å². The van der Waals surface area contributed by atoms with Gasteiger partial charge in [-0.2, -0.15) is 0 Å². The summed E-state index contributed by atoms with van der Waals surface area (Å²) in [5, 5.41) is 3.67. The second-order valence-corrected chi connectivity index (χ2v) is 23.7. The van der Waals surface area contributed by atoms with Crippen molar-refractivity contribution in [2.45, 2.75) is 92.8 Å². The van der Waals surface area contributed by atoms with E-state index in [0.29, 0.717) is 11.8 Å². The minimum Gasteiger partial charge on any atom is -0.500 e. The average Bonchev–Trinajstić information content (AvgIpc) is 3.57. The molecule has 0 aliphatic carbocycles. The molecular formula is C55H58IrN2OSi-2. The first-order chi connectivity index (χ1) is 28.0. The summed E-state index contributed by atoms with van der Waals surface area (Å²) in [6, 6.07) is 47.8. The number of nitrogens with zero attached hydrogens (tertiary/aromatic N) is 2. The van der Waals surface area contributed by atoms with Crippen molar-refractivity contribution in [1.82, 2.24) is 9.97 Å². The molecule has 0 fully saturated rings. The van der Waals surface area contributed by atoms with Crippen molar-refractivity contribution in [1.29, 1.82) is 0 Å². The van der Waals surface area contributed by atoms with E-state index in [4.69, 9.17) is 9.40 Å². The van der Waals surface area contributed by atoms with E-state index in [1.54, 1.807) is 0 Å². The fourth-order valence-corrected chi connectivity index (χ4v) is 9.39. The van der Waals surface area contributed by atoms with Gasteiger partial charge in [0.2, 0.25) is 0 Å². The van der Waals surface area contributed by atoms with Crippen molar-refractivity contribution >= 4 is 35.2 Å². The Hall–Kier alpha value is -4.93. The van der Waals surface area contributed by atoms with Crippen molar-refractivity contribution in [3.8, 4) is 33.6 Å². The molecule has 0 N–H and O–H groups in total. The number of aromatic nitrogens is 2. The van der Waals surface area contributed by atoms with E-state index in [0.717, 1.165) is 50.9 Å². The van der Waals surface area contributed by atoms with Gasteiger partial charge in [-0.3, -0.25) is 0 Å². The van der Waals surface area contributed by atoms with E-state index in [1.807, 2.05) is 18.3 Å². The summed E-state index contributed by atoms with van der Waals surface area (Å²) in [5.74, 6) is 1.07. The average molecular weight is 983 g/mol. The number of benzene rings is 5. The van der Waals surface area contributed by atoms with Crippen LogP contribution < -0.4 is 5.19 Å². The predicted molar refractivity (Wildman–Crippen MR) is 253 cm³/mol. The summed E-state index contributed by atoms with van der Waals surface area (Å²) in [6.07, 6.45) is 4.98. The molecule has 0 amide bonds. The van der Waals surface area contributed by atoms with Gasteiger partial charge in [0.15, 0.2) is 0 Å². The molecule has 5 heteroatoms. The van der Waals surface area contributed by atoms with Crippen LogP contribution in [0.1, 0.15) is 80.8 Å². The number of furan rings is 1. The first kappa shape index (κ1) is 44.6. The Morgan fingerprint density at radius 3 is 2.07 bits per heavy atom. The summed E-state index contributed by atoms with van der Waals surface area (Å²) < 4.78 is 6.21. The fourth-order valence-electron chi connectivity index (χ4n) is 7.81. The molecule has 1 atom stereocenters. The molecule has 0 saturated carbocycles. The van der Waals surface area contributed by atoms with Crippen LogP contribution >= 0.6 is 0 Å². The van der Waals surface area contributed by atoms with Crippen LogP contribution in [-0.4, -0.2) is 18.0 Å². The van der Waals surface area contributed by atoms with Gasteiger partial charge < -0.3 is 14.4 Å². The summed E-state index contributed by atoms with van der Waals surface area (Å²) in [4.78, 5) is 9.48. The van der Waals surface area contributed by atoms with Gasteiger partial charge >= 0.3 is 0 Å². The first-order valence-electron chi connectivity index (χ1n) is 21.0. The van der Waals surface area contributed by atoms with Crippen LogP contribution in [-0.2, 0) is 31.9 Å². The standard InChI is InChI=1S/C30H28NO.C25H30NSi.Ir/c1-18(2)21(5)22-10-11-31-28(16-22)24-7-9-29-27(15-24)26-8-6-23(17-30(26)32-29)25-13-19(3)12-20(4)14-25;1-25(2,3)22-14-10-13-20(16-22)23-17-21(15-19-11-8-7-9-12-19)24(18-26-23)27(4,5)6;/h6,8-18,21H,1-5H3;7-12,14,16-18H,15H2,1-6H3;/q2*-1;. The number of pyridine rings is 2. The van der Waals surface area contributed by atoms with E-state index in [9.17, 15) is 0 Å². The minimum absolute atomic E-state index is 0. The second-order valence-electron chi connectivity index (χ2n) is 18.7.